The van der Waals surface area contributed by atoms with E-state index < -0.39 is 0 Å². The zero-order valence-electron chi connectivity index (χ0n) is 16.4. The van der Waals surface area contributed by atoms with E-state index in [1.165, 1.54) is 0 Å². The van der Waals surface area contributed by atoms with Gasteiger partial charge in [-0.2, -0.15) is 0 Å². The number of anilines is 1. The summed E-state index contributed by atoms with van der Waals surface area (Å²) in [7, 11) is 0. The predicted octanol–water partition coefficient (Wildman–Crippen LogP) is 2.90. The Morgan fingerprint density at radius 1 is 1.00 bits per heavy atom. The monoisotopic (exact) mass is 389 g/mol. The largest absolute Gasteiger partial charge is 0.494 e. The fourth-order valence-corrected chi connectivity index (χ4v) is 3.35. The predicted molar refractivity (Wildman–Crippen MR) is 111 cm³/mol. The maximum absolute atomic E-state index is 12.5. The molecular formula is C22H23N5O2. The van der Waals surface area contributed by atoms with E-state index in [4.69, 9.17) is 4.74 Å². The summed E-state index contributed by atoms with van der Waals surface area (Å²) in [4.78, 5) is 20.6. The number of pyridine rings is 1. The molecule has 0 bridgehead atoms. The van der Waals surface area contributed by atoms with Gasteiger partial charge in [0, 0.05) is 44.1 Å². The standard InChI is InChI=1S/C22H23N5O2/c1-2-29-19-7-5-17(6-8-19)20-9-10-21(25-24-20)26-12-14-27(15-13-26)22(28)18-4-3-11-23-16-18/h3-11,16H,2,12-15H2,1H3. The summed E-state index contributed by atoms with van der Waals surface area (Å²) in [5.41, 5.74) is 2.45. The van der Waals surface area contributed by atoms with Crippen molar-refractivity contribution >= 4 is 11.7 Å². The molecule has 1 aliphatic rings. The van der Waals surface area contributed by atoms with E-state index in [1.54, 1.807) is 24.5 Å². The highest BCUT2D eigenvalue weighted by Gasteiger charge is 2.23. The molecule has 0 N–H and O–H groups in total. The minimum atomic E-state index is 0.0229. The number of piperazine rings is 1. The van der Waals surface area contributed by atoms with Gasteiger partial charge in [0.25, 0.3) is 5.91 Å². The zero-order valence-corrected chi connectivity index (χ0v) is 16.4. The summed E-state index contributed by atoms with van der Waals surface area (Å²) in [6, 6.07) is 15.4. The topological polar surface area (TPSA) is 71.5 Å². The molecule has 3 heterocycles. The number of amides is 1. The summed E-state index contributed by atoms with van der Waals surface area (Å²) in [6.45, 7) is 5.36. The van der Waals surface area contributed by atoms with Crippen LogP contribution >= 0.6 is 0 Å². The Kier molecular flexibility index (Phi) is 5.65. The summed E-state index contributed by atoms with van der Waals surface area (Å²) in [5.74, 6) is 1.70. The molecule has 0 spiro atoms. The number of benzene rings is 1. The molecule has 1 amide bonds. The van der Waals surface area contributed by atoms with Crippen LogP contribution in [0, 0.1) is 0 Å². The SMILES string of the molecule is CCOc1ccc(-c2ccc(N3CCN(C(=O)c4cccnc4)CC3)nn2)cc1. The van der Waals surface area contributed by atoms with Crippen LogP contribution in [0.4, 0.5) is 5.82 Å². The third kappa shape index (κ3) is 4.34. The van der Waals surface area contributed by atoms with E-state index in [0.29, 0.717) is 25.3 Å². The fourth-order valence-electron chi connectivity index (χ4n) is 3.35. The van der Waals surface area contributed by atoms with Crippen molar-refractivity contribution in [2.75, 3.05) is 37.7 Å². The smallest absolute Gasteiger partial charge is 0.255 e. The maximum Gasteiger partial charge on any atom is 0.255 e. The summed E-state index contributed by atoms with van der Waals surface area (Å²) in [6.07, 6.45) is 3.28. The van der Waals surface area contributed by atoms with E-state index >= 15 is 0 Å². The Labute approximate surface area is 170 Å². The molecule has 1 aliphatic heterocycles. The van der Waals surface area contributed by atoms with Crippen molar-refractivity contribution in [1.82, 2.24) is 20.1 Å². The molecule has 0 atom stereocenters. The van der Waals surface area contributed by atoms with Gasteiger partial charge in [-0.1, -0.05) is 0 Å². The Balaban J connectivity index is 1.37. The molecule has 0 radical (unpaired) electrons. The molecule has 0 aliphatic carbocycles. The van der Waals surface area contributed by atoms with Gasteiger partial charge in [0.05, 0.1) is 17.9 Å². The van der Waals surface area contributed by atoms with Gasteiger partial charge in [0.1, 0.15) is 5.75 Å². The summed E-state index contributed by atoms with van der Waals surface area (Å²) >= 11 is 0. The number of carbonyl (C=O) groups is 1. The molecular weight excluding hydrogens is 366 g/mol. The number of rotatable bonds is 5. The van der Waals surface area contributed by atoms with E-state index in [1.807, 2.05) is 48.2 Å². The van der Waals surface area contributed by atoms with Crippen molar-refractivity contribution in [1.29, 1.82) is 0 Å². The van der Waals surface area contributed by atoms with Crippen LogP contribution in [0.25, 0.3) is 11.3 Å². The van der Waals surface area contributed by atoms with Crippen molar-refractivity contribution in [3.8, 4) is 17.0 Å². The molecule has 1 aromatic carbocycles. The van der Waals surface area contributed by atoms with E-state index in [9.17, 15) is 4.79 Å². The minimum Gasteiger partial charge on any atom is -0.494 e. The van der Waals surface area contributed by atoms with Crippen molar-refractivity contribution in [2.24, 2.45) is 0 Å². The Bertz CT molecular complexity index is 937. The number of carbonyl (C=O) groups excluding carboxylic acids is 1. The second-order valence-corrected chi connectivity index (χ2v) is 6.76. The lowest BCUT2D eigenvalue weighted by Crippen LogP contribution is -2.49. The lowest BCUT2D eigenvalue weighted by molar-refractivity contribution is 0.0746. The minimum absolute atomic E-state index is 0.0229. The number of aromatic nitrogens is 3. The molecule has 7 heteroatoms. The average Bonchev–Trinajstić information content (AvgIpc) is 2.80. The Hall–Kier alpha value is -3.48. The number of nitrogens with zero attached hydrogens (tertiary/aromatic N) is 5. The highest BCUT2D eigenvalue weighted by atomic mass is 16.5. The van der Waals surface area contributed by atoms with Gasteiger partial charge in [-0.25, -0.2) is 0 Å². The number of hydrogen-bond acceptors (Lipinski definition) is 6. The van der Waals surface area contributed by atoms with E-state index in [-0.39, 0.29) is 5.91 Å². The molecule has 3 aromatic rings. The van der Waals surface area contributed by atoms with Crippen LogP contribution < -0.4 is 9.64 Å². The van der Waals surface area contributed by atoms with E-state index in [2.05, 4.69) is 20.1 Å². The molecule has 148 valence electrons. The molecule has 0 saturated carbocycles. The summed E-state index contributed by atoms with van der Waals surface area (Å²) in [5, 5.41) is 8.78. The fraction of sp³-hybridized carbons (Fsp3) is 0.273. The Morgan fingerprint density at radius 3 is 2.41 bits per heavy atom. The van der Waals surface area contributed by atoms with Gasteiger partial charge in [-0.15, -0.1) is 10.2 Å². The Morgan fingerprint density at radius 2 is 1.79 bits per heavy atom. The van der Waals surface area contributed by atoms with Crippen LogP contribution in [-0.4, -0.2) is 58.8 Å². The van der Waals surface area contributed by atoms with Crippen LogP contribution in [0.3, 0.4) is 0 Å². The van der Waals surface area contributed by atoms with Gasteiger partial charge < -0.3 is 14.5 Å². The lowest BCUT2D eigenvalue weighted by atomic mass is 10.1. The van der Waals surface area contributed by atoms with E-state index in [0.717, 1.165) is 35.9 Å². The third-order valence-electron chi connectivity index (χ3n) is 4.91. The van der Waals surface area contributed by atoms with Crippen LogP contribution in [-0.2, 0) is 0 Å². The molecule has 29 heavy (non-hydrogen) atoms. The van der Waals surface area contributed by atoms with Crippen LogP contribution in [0.1, 0.15) is 17.3 Å². The third-order valence-corrected chi connectivity index (χ3v) is 4.91. The first-order chi connectivity index (χ1) is 14.2. The molecule has 1 fully saturated rings. The normalized spacial score (nSPS) is 14.0. The van der Waals surface area contributed by atoms with Crippen molar-refractivity contribution in [3.63, 3.8) is 0 Å². The molecule has 7 nitrogen and oxygen atoms in total. The van der Waals surface area contributed by atoms with Gasteiger partial charge in [0.2, 0.25) is 0 Å². The summed E-state index contributed by atoms with van der Waals surface area (Å²) < 4.78 is 5.47. The van der Waals surface area contributed by atoms with Crippen LogP contribution in [0.2, 0.25) is 0 Å². The zero-order chi connectivity index (χ0) is 20.1. The van der Waals surface area contributed by atoms with Gasteiger partial charge in [-0.05, 0) is 55.5 Å². The first kappa shape index (κ1) is 18.9. The van der Waals surface area contributed by atoms with Gasteiger partial charge >= 0.3 is 0 Å². The number of ether oxygens (including phenoxy) is 1. The van der Waals surface area contributed by atoms with Crippen LogP contribution in [0.5, 0.6) is 5.75 Å². The first-order valence-corrected chi connectivity index (χ1v) is 9.76. The van der Waals surface area contributed by atoms with Crippen LogP contribution in [0.15, 0.2) is 60.9 Å². The maximum atomic E-state index is 12.5. The first-order valence-electron chi connectivity index (χ1n) is 9.76. The van der Waals surface area contributed by atoms with Gasteiger partial charge in [0.15, 0.2) is 5.82 Å². The van der Waals surface area contributed by atoms with Gasteiger partial charge in [-0.3, -0.25) is 9.78 Å². The number of hydrogen-bond donors (Lipinski definition) is 0. The molecule has 1 saturated heterocycles. The molecule has 4 rings (SSSR count). The lowest BCUT2D eigenvalue weighted by Gasteiger charge is -2.35. The quantitative estimate of drug-likeness (QED) is 0.668. The second kappa shape index (κ2) is 8.68. The van der Waals surface area contributed by atoms with Crippen molar-refractivity contribution in [2.45, 2.75) is 6.92 Å². The van der Waals surface area contributed by atoms with Crippen molar-refractivity contribution in [3.05, 3.63) is 66.5 Å². The molecule has 0 unspecified atom stereocenters. The second-order valence-electron chi connectivity index (χ2n) is 6.76. The highest BCUT2D eigenvalue weighted by molar-refractivity contribution is 5.94. The molecule has 2 aromatic heterocycles. The highest BCUT2D eigenvalue weighted by Crippen LogP contribution is 2.22. The average molecular weight is 389 g/mol. The van der Waals surface area contributed by atoms with Crippen molar-refractivity contribution < 1.29 is 9.53 Å².